The molecule has 0 radical (unpaired) electrons. The van der Waals surface area contributed by atoms with Crippen molar-refractivity contribution in [3.05, 3.63) is 28.3 Å². The Morgan fingerprint density at radius 2 is 2.41 bits per heavy atom. The van der Waals surface area contributed by atoms with Gasteiger partial charge < -0.3 is 15.3 Å². The minimum atomic E-state index is -0.390. The van der Waals surface area contributed by atoms with Crippen LogP contribution >= 0.6 is 0 Å². The molecule has 1 unspecified atom stereocenters. The third kappa shape index (κ3) is 3.08. The molecule has 1 atom stereocenters. The minimum absolute atomic E-state index is 0.341. The number of nitrogens with zero attached hydrogens (tertiary/aromatic N) is 1. The standard InChI is InChI=1S/C12H18N2O3/c13-5-9-2-1-3-14(6-9)7-10-4-11(15)12(16)8-17-10/h4,8-9,16H,1-3,5-7,13H2. The van der Waals surface area contributed by atoms with Gasteiger partial charge in [0.15, 0.2) is 5.75 Å². The molecule has 0 spiro atoms. The van der Waals surface area contributed by atoms with Crippen molar-refractivity contribution < 1.29 is 9.52 Å². The lowest BCUT2D eigenvalue weighted by Crippen LogP contribution is -2.37. The van der Waals surface area contributed by atoms with Gasteiger partial charge in [0.25, 0.3) is 0 Å². The van der Waals surface area contributed by atoms with Crippen molar-refractivity contribution in [3.8, 4) is 5.75 Å². The molecule has 1 saturated heterocycles. The number of aromatic hydroxyl groups is 1. The molecule has 0 saturated carbocycles. The normalized spacial score (nSPS) is 21.6. The molecule has 3 N–H and O–H groups in total. The van der Waals surface area contributed by atoms with Crippen LogP contribution in [0.1, 0.15) is 18.6 Å². The van der Waals surface area contributed by atoms with Crippen molar-refractivity contribution in [1.82, 2.24) is 4.90 Å². The van der Waals surface area contributed by atoms with Gasteiger partial charge in [-0.25, -0.2) is 0 Å². The van der Waals surface area contributed by atoms with E-state index in [-0.39, 0.29) is 5.75 Å². The monoisotopic (exact) mass is 238 g/mol. The van der Waals surface area contributed by atoms with Crippen molar-refractivity contribution in [1.29, 1.82) is 0 Å². The zero-order valence-electron chi connectivity index (χ0n) is 9.76. The van der Waals surface area contributed by atoms with Crippen LogP contribution in [0, 0.1) is 5.92 Å². The molecule has 0 bridgehead atoms. The van der Waals surface area contributed by atoms with Gasteiger partial charge in [-0.05, 0) is 31.8 Å². The highest BCUT2D eigenvalue weighted by Gasteiger charge is 2.19. The molecule has 0 aromatic carbocycles. The summed E-state index contributed by atoms with van der Waals surface area (Å²) >= 11 is 0. The van der Waals surface area contributed by atoms with Gasteiger partial charge >= 0.3 is 0 Å². The SMILES string of the molecule is NCC1CCCN(Cc2cc(=O)c(O)co2)C1. The molecule has 2 rings (SSSR count). The topological polar surface area (TPSA) is 79.7 Å². The second-order valence-electron chi connectivity index (χ2n) is 4.57. The van der Waals surface area contributed by atoms with Crippen LogP contribution in [0.3, 0.4) is 0 Å². The predicted molar refractivity (Wildman–Crippen MR) is 63.7 cm³/mol. The smallest absolute Gasteiger partial charge is 0.226 e. The fourth-order valence-corrected chi connectivity index (χ4v) is 2.23. The molecule has 17 heavy (non-hydrogen) atoms. The van der Waals surface area contributed by atoms with Gasteiger partial charge in [-0.1, -0.05) is 0 Å². The number of rotatable bonds is 3. The first-order valence-electron chi connectivity index (χ1n) is 5.92. The Labute approximate surface area is 99.8 Å². The van der Waals surface area contributed by atoms with Gasteiger partial charge in [0, 0.05) is 12.6 Å². The number of piperidine rings is 1. The van der Waals surface area contributed by atoms with Crippen LogP contribution in [0.2, 0.25) is 0 Å². The lowest BCUT2D eigenvalue weighted by molar-refractivity contribution is 0.159. The highest BCUT2D eigenvalue weighted by Crippen LogP contribution is 2.17. The highest BCUT2D eigenvalue weighted by atomic mass is 16.4. The maximum Gasteiger partial charge on any atom is 0.226 e. The summed E-state index contributed by atoms with van der Waals surface area (Å²) in [6, 6.07) is 1.35. The molecule has 1 aliphatic rings. The summed E-state index contributed by atoms with van der Waals surface area (Å²) in [5, 5.41) is 9.09. The molecule has 2 heterocycles. The first-order chi connectivity index (χ1) is 8.19. The predicted octanol–water partition coefficient (Wildman–Crippen LogP) is 0.516. The van der Waals surface area contributed by atoms with E-state index in [2.05, 4.69) is 4.90 Å². The zero-order valence-corrected chi connectivity index (χ0v) is 9.76. The van der Waals surface area contributed by atoms with Gasteiger partial charge in [-0.3, -0.25) is 9.69 Å². The molecule has 1 aromatic rings. The van der Waals surface area contributed by atoms with Crippen LogP contribution in [0.4, 0.5) is 0 Å². The quantitative estimate of drug-likeness (QED) is 0.802. The van der Waals surface area contributed by atoms with E-state index in [9.17, 15) is 4.79 Å². The van der Waals surface area contributed by atoms with Gasteiger partial charge in [-0.15, -0.1) is 0 Å². The summed E-state index contributed by atoms with van der Waals surface area (Å²) in [6.07, 6.45) is 3.40. The molecule has 1 aliphatic heterocycles. The molecule has 5 heteroatoms. The maximum atomic E-state index is 11.3. The van der Waals surface area contributed by atoms with Crippen molar-refractivity contribution in [3.63, 3.8) is 0 Å². The van der Waals surface area contributed by atoms with Crippen molar-refractivity contribution in [2.75, 3.05) is 19.6 Å². The summed E-state index contributed by atoms with van der Waals surface area (Å²) < 4.78 is 5.19. The first-order valence-corrected chi connectivity index (χ1v) is 5.92. The molecule has 0 aliphatic carbocycles. The van der Waals surface area contributed by atoms with Crippen LogP contribution in [0.25, 0.3) is 0 Å². The maximum absolute atomic E-state index is 11.3. The molecule has 1 fully saturated rings. The van der Waals surface area contributed by atoms with E-state index in [4.69, 9.17) is 15.3 Å². The van der Waals surface area contributed by atoms with Gasteiger partial charge in [-0.2, -0.15) is 0 Å². The fraction of sp³-hybridized carbons (Fsp3) is 0.583. The lowest BCUT2D eigenvalue weighted by atomic mass is 9.98. The van der Waals surface area contributed by atoms with Crippen LogP contribution in [0.15, 0.2) is 21.5 Å². The Bertz CT molecular complexity index is 430. The van der Waals surface area contributed by atoms with E-state index < -0.39 is 5.43 Å². The fourth-order valence-electron chi connectivity index (χ4n) is 2.23. The second-order valence-corrected chi connectivity index (χ2v) is 4.57. The summed E-state index contributed by atoms with van der Waals surface area (Å²) in [5.41, 5.74) is 5.28. The van der Waals surface area contributed by atoms with E-state index in [0.717, 1.165) is 25.8 Å². The molecular formula is C12H18N2O3. The van der Waals surface area contributed by atoms with Gasteiger partial charge in [0.05, 0.1) is 6.54 Å². The van der Waals surface area contributed by atoms with Crippen LogP contribution < -0.4 is 11.2 Å². The van der Waals surface area contributed by atoms with Crippen LogP contribution in [-0.2, 0) is 6.54 Å². The summed E-state index contributed by atoms with van der Waals surface area (Å²) in [4.78, 5) is 13.5. The largest absolute Gasteiger partial charge is 0.502 e. The zero-order chi connectivity index (χ0) is 12.3. The first kappa shape index (κ1) is 12.1. The summed E-state index contributed by atoms with van der Waals surface area (Å²) in [7, 11) is 0. The molecule has 0 amide bonds. The third-order valence-corrected chi connectivity index (χ3v) is 3.18. The molecular weight excluding hydrogens is 220 g/mol. The number of nitrogens with two attached hydrogens (primary N) is 1. The number of hydrogen-bond donors (Lipinski definition) is 2. The van der Waals surface area contributed by atoms with Crippen molar-refractivity contribution >= 4 is 0 Å². The molecule has 5 nitrogen and oxygen atoms in total. The Hall–Kier alpha value is -1.33. The van der Waals surface area contributed by atoms with Gasteiger partial charge in [0.2, 0.25) is 5.43 Å². The average Bonchev–Trinajstić information content (AvgIpc) is 2.34. The Morgan fingerprint density at radius 3 is 3.12 bits per heavy atom. The Morgan fingerprint density at radius 1 is 1.59 bits per heavy atom. The van der Waals surface area contributed by atoms with E-state index in [1.807, 2.05) is 0 Å². The molecule has 94 valence electrons. The summed E-state index contributed by atoms with van der Waals surface area (Å²) in [6.45, 7) is 3.25. The molecule has 1 aromatic heterocycles. The number of hydrogen-bond acceptors (Lipinski definition) is 5. The average molecular weight is 238 g/mol. The Balaban J connectivity index is 2.00. The summed E-state index contributed by atoms with van der Waals surface area (Å²) in [5.74, 6) is 0.783. The lowest BCUT2D eigenvalue weighted by Gasteiger charge is -2.31. The van der Waals surface area contributed by atoms with Gasteiger partial charge in [0.1, 0.15) is 12.0 Å². The van der Waals surface area contributed by atoms with E-state index >= 15 is 0 Å². The third-order valence-electron chi connectivity index (χ3n) is 3.18. The van der Waals surface area contributed by atoms with Crippen LogP contribution in [0.5, 0.6) is 5.75 Å². The van der Waals surface area contributed by atoms with E-state index in [1.54, 1.807) is 0 Å². The highest BCUT2D eigenvalue weighted by molar-refractivity contribution is 5.15. The van der Waals surface area contributed by atoms with E-state index in [0.29, 0.717) is 24.8 Å². The number of likely N-dealkylation sites (tertiary alicyclic amines) is 1. The van der Waals surface area contributed by atoms with Crippen molar-refractivity contribution in [2.45, 2.75) is 19.4 Å². The van der Waals surface area contributed by atoms with Crippen LogP contribution in [-0.4, -0.2) is 29.6 Å². The van der Waals surface area contributed by atoms with Crippen molar-refractivity contribution in [2.24, 2.45) is 11.7 Å². The minimum Gasteiger partial charge on any atom is -0.502 e. The van der Waals surface area contributed by atoms with E-state index in [1.165, 1.54) is 12.5 Å². The second kappa shape index (κ2) is 5.33. The Kier molecular flexibility index (Phi) is 3.81.